The largest absolute Gasteiger partial charge is 0.480 e. The predicted octanol–water partition coefficient (Wildman–Crippen LogP) is 0.407. The first-order chi connectivity index (χ1) is 9.18. The SMILES string of the molecule is O=C(O)[C@@H]1COCCN1C(=O)/C=C\c1cccnc1. The van der Waals surface area contributed by atoms with E-state index in [4.69, 9.17) is 9.84 Å². The third kappa shape index (κ3) is 3.38. The number of amides is 1. The Morgan fingerprint density at radius 1 is 1.53 bits per heavy atom. The van der Waals surface area contributed by atoms with E-state index in [-0.39, 0.29) is 19.1 Å². The van der Waals surface area contributed by atoms with Crippen LogP contribution in [0.3, 0.4) is 0 Å². The molecule has 0 spiro atoms. The van der Waals surface area contributed by atoms with Gasteiger partial charge in [-0.3, -0.25) is 9.78 Å². The van der Waals surface area contributed by atoms with E-state index in [1.807, 2.05) is 6.07 Å². The number of ether oxygens (including phenoxy) is 1. The second kappa shape index (κ2) is 6.10. The van der Waals surface area contributed by atoms with Gasteiger partial charge in [-0.15, -0.1) is 0 Å². The number of nitrogens with zero attached hydrogens (tertiary/aromatic N) is 2. The highest BCUT2D eigenvalue weighted by atomic mass is 16.5. The third-order valence-corrected chi connectivity index (χ3v) is 2.80. The summed E-state index contributed by atoms with van der Waals surface area (Å²) in [5.74, 6) is -1.39. The van der Waals surface area contributed by atoms with Gasteiger partial charge in [-0.25, -0.2) is 4.79 Å². The van der Waals surface area contributed by atoms with Crippen LogP contribution in [0.2, 0.25) is 0 Å². The van der Waals surface area contributed by atoms with Crippen molar-refractivity contribution >= 4 is 18.0 Å². The van der Waals surface area contributed by atoms with Crippen molar-refractivity contribution in [2.75, 3.05) is 19.8 Å². The Balaban J connectivity index is 2.06. The van der Waals surface area contributed by atoms with Crippen LogP contribution in [0.4, 0.5) is 0 Å². The number of hydrogen-bond acceptors (Lipinski definition) is 4. The first-order valence-corrected chi connectivity index (χ1v) is 5.88. The van der Waals surface area contributed by atoms with Crippen molar-refractivity contribution in [3.8, 4) is 0 Å². The summed E-state index contributed by atoms with van der Waals surface area (Å²) in [5, 5.41) is 9.03. The van der Waals surface area contributed by atoms with E-state index < -0.39 is 12.0 Å². The molecule has 0 aliphatic carbocycles. The lowest BCUT2D eigenvalue weighted by atomic mass is 10.2. The Kier molecular flexibility index (Phi) is 4.25. The monoisotopic (exact) mass is 262 g/mol. The maximum atomic E-state index is 12.0. The van der Waals surface area contributed by atoms with E-state index in [9.17, 15) is 9.59 Å². The Hall–Kier alpha value is -2.21. The number of pyridine rings is 1. The number of carboxylic acid groups (broad SMARTS) is 1. The Morgan fingerprint density at radius 3 is 3.05 bits per heavy atom. The van der Waals surface area contributed by atoms with Crippen LogP contribution in [0, 0.1) is 0 Å². The lowest BCUT2D eigenvalue weighted by Crippen LogP contribution is -2.52. The zero-order chi connectivity index (χ0) is 13.7. The highest BCUT2D eigenvalue weighted by Crippen LogP contribution is 2.09. The van der Waals surface area contributed by atoms with Crippen LogP contribution in [0.1, 0.15) is 5.56 Å². The van der Waals surface area contributed by atoms with E-state index >= 15 is 0 Å². The van der Waals surface area contributed by atoms with Crippen LogP contribution in [-0.2, 0) is 14.3 Å². The molecule has 100 valence electrons. The maximum absolute atomic E-state index is 12.0. The van der Waals surface area contributed by atoms with Crippen LogP contribution >= 0.6 is 0 Å². The van der Waals surface area contributed by atoms with Gasteiger partial charge in [0.2, 0.25) is 5.91 Å². The Bertz CT molecular complexity index is 487. The summed E-state index contributed by atoms with van der Waals surface area (Å²) in [6, 6.07) is 2.66. The lowest BCUT2D eigenvalue weighted by Gasteiger charge is -2.31. The number of carboxylic acids is 1. The second-order valence-corrected chi connectivity index (χ2v) is 4.08. The van der Waals surface area contributed by atoms with Gasteiger partial charge in [0.05, 0.1) is 13.2 Å². The van der Waals surface area contributed by atoms with E-state index in [0.29, 0.717) is 6.61 Å². The fraction of sp³-hybridized carbons (Fsp3) is 0.308. The molecule has 1 amide bonds. The van der Waals surface area contributed by atoms with E-state index in [1.165, 1.54) is 11.0 Å². The van der Waals surface area contributed by atoms with Crippen molar-refractivity contribution < 1.29 is 19.4 Å². The van der Waals surface area contributed by atoms with Gasteiger partial charge in [-0.2, -0.15) is 0 Å². The van der Waals surface area contributed by atoms with Crippen LogP contribution in [0.25, 0.3) is 6.08 Å². The zero-order valence-corrected chi connectivity index (χ0v) is 10.2. The fourth-order valence-corrected chi connectivity index (χ4v) is 1.81. The van der Waals surface area contributed by atoms with Gasteiger partial charge in [0, 0.05) is 25.0 Å². The molecule has 1 aliphatic rings. The van der Waals surface area contributed by atoms with Gasteiger partial charge < -0.3 is 14.7 Å². The predicted molar refractivity (Wildman–Crippen MR) is 67.2 cm³/mol. The summed E-state index contributed by atoms with van der Waals surface area (Å²) in [6.45, 7) is 0.672. The van der Waals surface area contributed by atoms with Crippen molar-refractivity contribution in [2.24, 2.45) is 0 Å². The van der Waals surface area contributed by atoms with Crippen LogP contribution < -0.4 is 0 Å². The van der Waals surface area contributed by atoms with Crippen LogP contribution in [0.15, 0.2) is 30.6 Å². The fourth-order valence-electron chi connectivity index (χ4n) is 1.81. The average molecular weight is 262 g/mol. The van der Waals surface area contributed by atoms with Gasteiger partial charge in [-0.1, -0.05) is 6.07 Å². The molecule has 1 N–H and O–H groups in total. The Morgan fingerprint density at radius 2 is 2.37 bits per heavy atom. The molecule has 19 heavy (non-hydrogen) atoms. The molecule has 2 heterocycles. The quantitative estimate of drug-likeness (QED) is 0.798. The van der Waals surface area contributed by atoms with E-state index in [0.717, 1.165) is 5.56 Å². The molecule has 1 aromatic heterocycles. The number of aromatic nitrogens is 1. The first-order valence-electron chi connectivity index (χ1n) is 5.88. The molecule has 0 aromatic carbocycles. The van der Waals surface area contributed by atoms with Crippen molar-refractivity contribution in [3.63, 3.8) is 0 Å². The summed E-state index contributed by atoms with van der Waals surface area (Å²) in [7, 11) is 0. The zero-order valence-electron chi connectivity index (χ0n) is 10.2. The van der Waals surface area contributed by atoms with Gasteiger partial charge >= 0.3 is 5.97 Å². The number of carbonyl (C=O) groups is 2. The normalized spacial score (nSPS) is 19.6. The van der Waals surface area contributed by atoms with Gasteiger partial charge in [-0.05, 0) is 17.7 Å². The van der Waals surface area contributed by atoms with Crippen molar-refractivity contribution in [3.05, 3.63) is 36.2 Å². The summed E-state index contributed by atoms with van der Waals surface area (Å²) in [4.78, 5) is 28.3. The van der Waals surface area contributed by atoms with Crippen LogP contribution in [-0.4, -0.2) is 52.7 Å². The minimum atomic E-state index is -1.05. The van der Waals surface area contributed by atoms with Gasteiger partial charge in [0.15, 0.2) is 6.04 Å². The number of carbonyl (C=O) groups excluding carboxylic acids is 1. The summed E-state index contributed by atoms with van der Waals surface area (Å²) < 4.78 is 5.08. The highest BCUT2D eigenvalue weighted by Gasteiger charge is 2.31. The molecule has 1 fully saturated rings. The van der Waals surface area contributed by atoms with Crippen LogP contribution in [0.5, 0.6) is 0 Å². The highest BCUT2D eigenvalue weighted by molar-refractivity contribution is 5.94. The minimum Gasteiger partial charge on any atom is -0.480 e. The summed E-state index contributed by atoms with van der Waals surface area (Å²) in [6.07, 6.45) is 6.24. The average Bonchev–Trinajstić information content (AvgIpc) is 2.46. The number of rotatable bonds is 3. The first kappa shape index (κ1) is 13.2. The Labute approximate surface area is 110 Å². The minimum absolute atomic E-state index is 0.0296. The topological polar surface area (TPSA) is 79.7 Å². The molecule has 1 saturated heterocycles. The molecule has 1 aromatic rings. The van der Waals surface area contributed by atoms with Gasteiger partial charge in [0.25, 0.3) is 0 Å². The molecule has 0 bridgehead atoms. The number of morpholine rings is 1. The molecule has 6 nitrogen and oxygen atoms in total. The molecule has 0 saturated carbocycles. The molecule has 2 rings (SSSR count). The molecule has 1 atom stereocenters. The molecular formula is C13H14N2O4. The molecular weight excluding hydrogens is 248 g/mol. The number of hydrogen-bond donors (Lipinski definition) is 1. The van der Waals surface area contributed by atoms with E-state index in [2.05, 4.69) is 4.98 Å². The lowest BCUT2D eigenvalue weighted by molar-refractivity contribution is -0.156. The van der Waals surface area contributed by atoms with Crippen molar-refractivity contribution in [1.82, 2.24) is 9.88 Å². The van der Waals surface area contributed by atoms with E-state index in [1.54, 1.807) is 24.5 Å². The second-order valence-electron chi connectivity index (χ2n) is 4.08. The van der Waals surface area contributed by atoms with Crippen molar-refractivity contribution in [1.29, 1.82) is 0 Å². The summed E-state index contributed by atoms with van der Waals surface area (Å²) in [5.41, 5.74) is 0.788. The molecule has 1 aliphatic heterocycles. The molecule has 0 radical (unpaired) electrons. The smallest absolute Gasteiger partial charge is 0.328 e. The number of aliphatic carboxylic acids is 1. The maximum Gasteiger partial charge on any atom is 0.328 e. The van der Waals surface area contributed by atoms with Gasteiger partial charge in [0.1, 0.15) is 0 Å². The summed E-state index contributed by atoms with van der Waals surface area (Å²) >= 11 is 0. The standard InChI is InChI=1S/C13H14N2O4/c16-12(4-3-10-2-1-5-14-8-10)15-6-7-19-9-11(15)13(17)18/h1-5,8,11H,6-7,9H2,(H,17,18)/b4-3-/t11-/m0/s1. The molecule has 6 heteroatoms. The molecule has 0 unspecified atom stereocenters. The van der Waals surface area contributed by atoms with Crippen molar-refractivity contribution in [2.45, 2.75) is 6.04 Å². The third-order valence-electron chi connectivity index (χ3n) is 2.80.